The Morgan fingerprint density at radius 2 is 1.40 bits per heavy atom. The molecule has 0 fully saturated rings. The summed E-state index contributed by atoms with van der Waals surface area (Å²) >= 11 is 0. The molecule has 0 unspecified atom stereocenters. The molecule has 5 heteroatoms. The van der Waals surface area contributed by atoms with Crippen molar-refractivity contribution >= 4 is 18.1 Å². The topological polar surface area (TPSA) is 77.5 Å². The second kappa shape index (κ2) is 4.17. The summed E-state index contributed by atoms with van der Waals surface area (Å²) in [5.41, 5.74) is 0. The molecule has 0 saturated carbocycles. The summed E-state index contributed by atoms with van der Waals surface area (Å²) in [6, 6.07) is 0. The Bertz CT molecular complexity index is 192. The molecule has 0 bridgehead atoms. The molecule has 1 rings (SSSR count). The van der Waals surface area contributed by atoms with E-state index in [9.17, 15) is 9.59 Å². The van der Waals surface area contributed by atoms with Gasteiger partial charge in [-0.15, -0.1) is 0 Å². The summed E-state index contributed by atoms with van der Waals surface area (Å²) in [5, 5.41) is 0. The molecular weight excluding hydrogens is 140 g/mol. The number of hydrogen-bond acceptors (Lipinski definition) is 5. The zero-order chi connectivity index (χ0) is 7.98. The Balaban J connectivity index is 0.000000236. The van der Waals surface area contributed by atoms with Crippen LogP contribution >= 0.6 is 0 Å². The van der Waals surface area contributed by atoms with Crippen molar-refractivity contribution in [2.45, 2.75) is 0 Å². The highest BCUT2D eigenvalue weighted by molar-refractivity contribution is 6.04. The minimum atomic E-state index is -0.579. The molecular formula is C5H2O5. The van der Waals surface area contributed by atoms with Gasteiger partial charge in [-0.3, -0.25) is 0 Å². The van der Waals surface area contributed by atoms with Crippen molar-refractivity contribution in [2.24, 2.45) is 0 Å². The number of rotatable bonds is 0. The van der Waals surface area contributed by atoms with E-state index in [1.165, 1.54) is 0 Å². The van der Waals surface area contributed by atoms with Gasteiger partial charge in [0, 0.05) is 12.2 Å². The first-order valence-corrected chi connectivity index (χ1v) is 2.14. The van der Waals surface area contributed by atoms with Gasteiger partial charge in [-0.05, 0) is 0 Å². The summed E-state index contributed by atoms with van der Waals surface area (Å²) < 4.78 is 3.97. The molecule has 0 atom stereocenters. The van der Waals surface area contributed by atoms with E-state index < -0.39 is 11.9 Å². The summed E-state index contributed by atoms with van der Waals surface area (Å²) in [6.45, 7) is 0. The van der Waals surface area contributed by atoms with Gasteiger partial charge in [0.25, 0.3) is 0 Å². The third-order valence-corrected chi connectivity index (χ3v) is 0.557. The van der Waals surface area contributed by atoms with Gasteiger partial charge in [0.05, 0.1) is 0 Å². The van der Waals surface area contributed by atoms with Crippen LogP contribution in [-0.4, -0.2) is 18.1 Å². The molecule has 5 nitrogen and oxygen atoms in total. The van der Waals surface area contributed by atoms with Crippen LogP contribution < -0.4 is 0 Å². The lowest BCUT2D eigenvalue weighted by Crippen LogP contribution is -1.96. The van der Waals surface area contributed by atoms with Gasteiger partial charge in [0.1, 0.15) is 0 Å². The molecule has 0 aliphatic carbocycles. The van der Waals surface area contributed by atoms with E-state index in [0.29, 0.717) is 0 Å². The lowest BCUT2D eigenvalue weighted by molar-refractivity contribution is -0.191. The smallest absolute Gasteiger partial charge is 0.373 e. The maximum atomic E-state index is 9.92. The highest BCUT2D eigenvalue weighted by Gasteiger charge is 2.10. The summed E-state index contributed by atoms with van der Waals surface area (Å²) in [4.78, 5) is 36.1. The molecule has 0 aromatic heterocycles. The van der Waals surface area contributed by atoms with Gasteiger partial charge in [0.2, 0.25) is 0 Å². The number of cyclic esters (lactones) is 2. The first-order valence-electron chi connectivity index (χ1n) is 2.14. The van der Waals surface area contributed by atoms with Crippen molar-refractivity contribution < 1.29 is 23.9 Å². The molecule has 0 radical (unpaired) electrons. The maximum absolute atomic E-state index is 9.92. The average Bonchev–Trinajstić information content (AvgIpc) is 2.17. The number of carbonyl (C=O) groups excluding carboxylic acids is 4. The van der Waals surface area contributed by atoms with Gasteiger partial charge >= 0.3 is 18.1 Å². The van der Waals surface area contributed by atoms with Crippen molar-refractivity contribution in [2.75, 3.05) is 0 Å². The highest BCUT2D eigenvalue weighted by Crippen LogP contribution is 1.92. The fraction of sp³-hybridized carbons (Fsp3) is 0. The Hall–Kier alpha value is -1.74. The van der Waals surface area contributed by atoms with Gasteiger partial charge < -0.3 is 4.74 Å². The van der Waals surface area contributed by atoms with Crippen LogP contribution in [0.5, 0.6) is 0 Å². The molecule has 52 valence electrons. The Morgan fingerprint density at radius 3 is 1.50 bits per heavy atom. The molecule has 1 aliphatic heterocycles. The number of ether oxygens (including phenoxy) is 1. The molecule has 0 saturated heterocycles. The summed E-state index contributed by atoms with van der Waals surface area (Å²) in [6.07, 6.45) is 2.42. The highest BCUT2D eigenvalue weighted by atomic mass is 16.6. The van der Waals surface area contributed by atoms with Gasteiger partial charge in [-0.1, -0.05) is 0 Å². The van der Waals surface area contributed by atoms with E-state index in [1.54, 1.807) is 0 Å². The van der Waals surface area contributed by atoms with Crippen LogP contribution in [0.1, 0.15) is 0 Å². The Labute approximate surface area is 55.3 Å². The minimum Gasteiger partial charge on any atom is -0.387 e. The standard InChI is InChI=1S/C4H2O3.CO2/c5-3-1-2-4(6)7-3;2-1-3/h1-2H;. The van der Waals surface area contributed by atoms with Crippen molar-refractivity contribution in [3.63, 3.8) is 0 Å². The molecule has 0 aromatic carbocycles. The van der Waals surface area contributed by atoms with Crippen LogP contribution in [0.4, 0.5) is 0 Å². The van der Waals surface area contributed by atoms with Crippen molar-refractivity contribution in [1.29, 1.82) is 0 Å². The summed E-state index contributed by atoms with van der Waals surface area (Å²) in [7, 11) is 0. The van der Waals surface area contributed by atoms with E-state index in [-0.39, 0.29) is 6.15 Å². The molecule has 0 spiro atoms. The fourth-order valence-corrected chi connectivity index (χ4v) is 0.303. The lowest BCUT2D eigenvalue weighted by atomic mass is 10.6. The number of carbonyl (C=O) groups is 2. The second-order valence-electron chi connectivity index (χ2n) is 1.16. The van der Waals surface area contributed by atoms with Crippen LogP contribution in [-0.2, 0) is 23.9 Å². The number of esters is 2. The van der Waals surface area contributed by atoms with E-state index in [1.807, 2.05) is 0 Å². The SMILES string of the molecule is O=C1C=CC(=O)O1.O=C=O. The zero-order valence-electron chi connectivity index (χ0n) is 4.70. The van der Waals surface area contributed by atoms with Crippen LogP contribution in [0.2, 0.25) is 0 Å². The largest absolute Gasteiger partial charge is 0.387 e. The molecule has 10 heavy (non-hydrogen) atoms. The predicted molar refractivity (Wildman–Crippen MR) is 25.2 cm³/mol. The van der Waals surface area contributed by atoms with Crippen LogP contribution in [0, 0.1) is 0 Å². The molecule has 0 amide bonds. The van der Waals surface area contributed by atoms with E-state index in [4.69, 9.17) is 9.59 Å². The number of hydrogen-bond donors (Lipinski definition) is 0. The maximum Gasteiger partial charge on any atom is 0.373 e. The normalized spacial score (nSPS) is 13.2. The van der Waals surface area contributed by atoms with Crippen LogP contribution in [0.3, 0.4) is 0 Å². The molecule has 1 aliphatic rings. The monoisotopic (exact) mass is 142 g/mol. The average molecular weight is 142 g/mol. The van der Waals surface area contributed by atoms with Gasteiger partial charge in [0.15, 0.2) is 0 Å². The second-order valence-corrected chi connectivity index (χ2v) is 1.16. The third kappa shape index (κ3) is 3.29. The van der Waals surface area contributed by atoms with E-state index >= 15 is 0 Å². The lowest BCUT2D eigenvalue weighted by Gasteiger charge is -1.80. The first-order chi connectivity index (χ1) is 4.70. The van der Waals surface area contributed by atoms with Crippen molar-refractivity contribution in [1.82, 2.24) is 0 Å². The van der Waals surface area contributed by atoms with E-state index in [2.05, 4.69) is 4.74 Å². The quantitative estimate of drug-likeness (QED) is 0.321. The zero-order valence-corrected chi connectivity index (χ0v) is 4.70. The molecule has 1 heterocycles. The predicted octanol–water partition coefficient (Wildman–Crippen LogP) is -0.958. The first kappa shape index (κ1) is 8.26. The molecule has 0 aromatic rings. The van der Waals surface area contributed by atoms with Crippen LogP contribution in [0.15, 0.2) is 12.2 Å². The molecule has 0 N–H and O–H groups in total. The third-order valence-electron chi connectivity index (χ3n) is 0.557. The van der Waals surface area contributed by atoms with Crippen molar-refractivity contribution in [3.8, 4) is 0 Å². The van der Waals surface area contributed by atoms with Crippen LogP contribution in [0.25, 0.3) is 0 Å². The Morgan fingerprint density at radius 1 is 1.10 bits per heavy atom. The Kier molecular flexibility index (Phi) is 3.44. The van der Waals surface area contributed by atoms with Crippen molar-refractivity contribution in [3.05, 3.63) is 12.2 Å². The van der Waals surface area contributed by atoms with Gasteiger partial charge in [-0.25, -0.2) is 9.59 Å². The summed E-state index contributed by atoms with van der Waals surface area (Å²) in [5.74, 6) is -1.16. The van der Waals surface area contributed by atoms with E-state index in [0.717, 1.165) is 12.2 Å². The van der Waals surface area contributed by atoms with Gasteiger partial charge in [-0.2, -0.15) is 9.59 Å². The minimum absolute atomic E-state index is 0.250. The fourth-order valence-electron chi connectivity index (χ4n) is 0.303.